The molecule has 0 saturated carbocycles. The van der Waals surface area contributed by atoms with E-state index in [4.69, 9.17) is 5.73 Å². The van der Waals surface area contributed by atoms with Crippen LogP contribution < -0.4 is 5.73 Å². The van der Waals surface area contributed by atoms with Crippen LogP contribution >= 0.6 is 0 Å². The molecule has 0 spiro atoms. The summed E-state index contributed by atoms with van der Waals surface area (Å²) in [5.74, 6) is 0.282. The number of sulfonamides is 1. The molecule has 0 atom stereocenters. The summed E-state index contributed by atoms with van der Waals surface area (Å²) in [5, 5.41) is 0. The third-order valence-corrected chi connectivity index (χ3v) is 5.58. The van der Waals surface area contributed by atoms with Crippen molar-refractivity contribution < 1.29 is 8.42 Å². The molecule has 0 saturated heterocycles. The fourth-order valence-corrected chi connectivity index (χ4v) is 4.48. The smallest absolute Gasteiger partial charge is 0.243 e. The number of hydrogen-bond acceptors (Lipinski definition) is 3. The molecule has 1 rings (SSSR count). The lowest BCUT2D eigenvalue weighted by atomic mass is 10.1. The fourth-order valence-electron chi connectivity index (χ4n) is 2.33. The van der Waals surface area contributed by atoms with Gasteiger partial charge in [0.25, 0.3) is 0 Å². The Hall–Kier alpha value is -0.910. The highest BCUT2D eigenvalue weighted by atomic mass is 32.2. The minimum absolute atomic E-state index is 0.0661. The molecule has 0 fully saturated rings. The Kier molecular flexibility index (Phi) is 6.38. The molecular formula is C16H28N2O2S. The molecule has 0 aliphatic carbocycles. The van der Waals surface area contributed by atoms with E-state index < -0.39 is 10.0 Å². The van der Waals surface area contributed by atoms with Gasteiger partial charge < -0.3 is 5.73 Å². The Bertz CT molecular complexity index is 566. The predicted octanol–water partition coefficient (Wildman–Crippen LogP) is 2.76. The summed E-state index contributed by atoms with van der Waals surface area (Å²) >= 11 is 0. The van der Waals surface area contributed by atoms with Crippen LogP contribution in [0.1, 0.15) is 45.7 Å². The maximum absolute atomic E-state index is 13.0. The monoisotopic (exact) mass is 312 g/mol. The van der Waals surface area contributed by atoms with E-state index in [-0.39, 0.29) is 12.0 Å². The maximum Gasteiger partial charge on any atom is 0.243 e. The largest absolute Gasteiger partial charge is 0.326 e. The van der Waals surface area contributed by atoms with Gasteiger partial charge in [-0.2, -0.15) is 4.31 Å². The average Bonchev–Trinajstić information content (AvgIpc) is 2.43. The van der Waals surface area contributed by atoms with Crippen molar-refractivity contribution in [1.29, 1.82) is 0 Å². The normalized spacial score (nSPS) is 12.6. The summed E-state index contributed by atoms with van der Waals surface area (Å²) < 4.78 is 27.7. The van der Waals surface area contributed by atoms with Crippen LogP contribution in [0, 0.1) is 5.92 Å². The summed E-state index contributed by atoms with van der Waals surface area (Å²) in [6.07, 6.45) is 0.688. The highest BCUT2D eigenvalue weighted by molar-refractivity contribution is 7.89. The molecule has 0 aromatic heterocycles. The number of benzene rings is 1. The lowest BCUT2D eigenvalue weighted by Crippen LogP contribution is -2.39. The third-order valence-electron chi connectivity index (χ3n) is 3.46. The Balaban J connectivity index is 3.39. The molecule has 0 unspecified atom stereocenters. The van der Waals surface area contributed by atoms with Gasteiger partial charge in [-0.3, -0.25) is 0 Å². The van der Waals surface area contributed by atoms with Gasteiger partial charge in [0.1, 0.15) is 0 Å². The number of aryl methyl sites for hydroxylation is 1. The van der Waals surface area contributed by atoms with Gasteiger partial charge in [0.05, 0.1) is 4.90 Å². The Morgan fingerprint density at radius 2 is 1.81 bits per heavy atom. The zero-order valence-corrected chi connectivity index (χ0v) is 14.6. The van der Waals surface area contributed by atoms with Crippen molar-refractivity contribution in [3.63, 3.8) is 0 Å². The lowest BCUT2D eigenvalue weighted by Gasteiger charge is -2.28. The van der Waals surface area contributed by atoms with Crippen LogP contribution in [-0.4, -0.2) is 25.3 Å². The zero-order valence-electron chi connectivity index (χ0n) is 13.8. The summed E-state index contributed by atoms with van der Waals surface area (Å²) in [6, 6.07) is 5.44. The second-order valence-corrected chi connectivity index (χ2v) is 7.92. The standard InChI is InChI=1S/C16H28N2O2S/c1-6-15-8-7-14(10-17)9-16(15)21(19,20)18(13(4)5)11-12(2)3/h7-9,12-13H,6,10-11,17H2,1-5H3. The SMILES string of the molecule is CCc1ccc(CN)cc1S(=O)(=O)N(CC(C)C)C(C)C. The molecule has 0 heterocycles. The first kappa shape index (κ1) is 18.1. The Morgan fingerprint density at radius 3 is 2.24 bits per heavy atom. The zero-order chi connectivity index (χ0) is 16.2. The molecule has 0 amide bonds. The topological polar surface area (TPSA) is 63.4 Å². The van der Waals surface area contributed by atoms with Gasteiger partial charge in [-0.05, 0) is 43.4 Å². The second-order valence-electron chi connectivity index (χ2n) is 6.06. The van der Waals surface area contributed by atoms with E-state index in [0.717, 1.165) is 11.1 Å². The van der Waals surface area contributed by atoms with Crippen LogP contribution in [0.4, 0.5) is 0 Å². The van der Waals surface area contributed by atoms with Crippen LogP contribution in [0.5, 0.6) is 0 Å². The first-order valence-electron chi connectivity index (χ1n) is 7.57. The maximum atomic E-state index is 13.0. The summed E-state index contributed by atoms with van der Waals surface area (Å²) in [6.45, 7) is 10.7. The van der Waals surface area contributed by atoms with Crippen molar-refractivity contribution in [2.75, 3.05) is 6.54 Å². The van der Waals surface area contributed by atoms with Gasteiger partial charge in [-0.15, -0.1) is 0 Å². The molecule has 1 aromatic rings. The average molecular weight is 312 g/mol. The van der Waals surface area contributed by atoms with E-state index in [1.165, 1.54) is 0 Å². The first-order chi connectivity index (χ1) is 9.73. The van der Waals surface area contributed by atoms with E-state index in [9.17, 15) is 8.42 Å². The van der Waals surface area contributed by atoms with E-state index in [1.54, 1.807) is 10.4 Å². The van der Waals surface area contributed by atoms with Crippen molar-refractivity contribution in [2.24, 2.45) is 11.7 Å². The number of nitrogens with two attached hydrogens (primary N) is 1. The van der Waals surface area contributed by atoms with Crippen molar-refractivity contribution in [1.82, 2.24) is 4.31 Å². The van der Waals surface area contributed by atoms with Crippen molar-refractivity contribution >= 4 is 10.0 Å². The van der Waals surface area contributed by atoms with Crippen LogP contribution in [-0.2, 0) is 23.0 Å². The molecule has 0 bridgehead atoms. The molecule has 2 N–H and O–H groups in total. The highest BCUT2D eigenvalue weighted by Gasteiger charge is 2.29. The van der Waals surface area contributed by atoms with E-state index in [1.807, 2.05) is 46.8 Å². The Labute approximate surface area is 129 Å². The number of hydrogen-bond donors (Lipinski definition) is 1. The molecule has 0 radical (unpaired) electrons. The molecule has 5 heteroatoms. The quantitative estimate of drug-likeness (QED) is 0.842. The molecule has 120 valence electrons. The van der Waals surface area contributed by atoms with Crippen LogP contribution in [0.25, 0.3) is 0 Å². The van der Waals surface area contributed by atoms with Gasteiger partial charge in [0.2, 0.25) is 10.0 Å². The van der Waals surface area contributed by atoms with Gasteiger partial charge in [0, 0.05) is 19.1 Å². The first-order valence-corrected chi connectivity index (χ1v) is 9.01. The summed E-state index contributed by atoms with van der Waals surface area (Å²) in [4.78, 5) is 0.405. The number of rotatable bonds is 7. The van der Waals surface area contributed by atoms with Gasteiger partial charge >= 0.3 is 0 Å². The molecular weight excluding hydrogens is 284 g/mol. The third kappa shape index (κ3) is 4.28. The summed E-state index contributed by atoms with van der Waals surface area (Å²) in [5.41, 5.74) is 7.36. The van der Waals surface area contributed by atoms with Gasteiger partial charge in [0.15, 0.2) is 0 Å². The molecule has 1 aromatic carbocycles. The molecule has 4 nitrogen and oxygen atoms in total. The van der Waals surface area contributed by atoms with Crippen LogP contribution in [0.15, 0.2) is 23.1 Å². The lowest BCUT2D eigenvalue weighted by molar-refractivity contribution is 0.318. The number of nitrogens with zero attached hydrogens (tertiary/aromatic N) is 1. The van der Waals surface area contributed by atoms with Crippen LogP contribution in [0.2, 0.25) is 0 Å². The van der Waals surface area contributed by atoms with E-state index in [0.29, 0.717) is 24.4 Å². The van der Waals surface area contributed by atoms with Crippen molar-refractivity contribution in [2.45, 2.75) is 58.5 Å². The Morgan fingerprint density at radius 1 is 1.19 bits per heavy atom. The van der Waals surface area contributed by atoms with Gasteiger partial charge in [-0.1, -0.05) is 32.9 Å². The second kappa shape index (κ2) is 7.38. The van der Waals surface area contributed by atoms with E-state index >= 15 is 0 Å². The van der Waals surface area contributed by atoms with E-state index in [2.05, 4.69) is 0 Å². The minimum atomic E-state index is -3.49. The van der Waals surface area contributed by atoms with Crippen molar-refractivity contribution in [3.05, 3.63) is 29.3 Å². The molecule has 21 heavy (non-hydrogen) atoms. The fraction of sp³-hybridized carbons (Fsp3) is 0.625. The molecule has 0 aliphatic heterocycles. The predicted molar refractivity (Wildman–Crippen MR) is 87.6 cm³/mol. The van der Waals surface area contributed by atoms with Crippen LogP contribution in [0.3, 0.4) is 0 Å². The summed E-state index contributed by atoms with van der Waals surface area (Å²) in [7, 11) is -3.49. The highest BCUT2D eigenvalue weighted by Crippen LogP contribution is 2.25. The van der Waals surface area contributed by atoms with Gasteiger partial charge in [-0.25, -0.2) is 8.42 Å². The van der Waals surface area contributed by atoms with Crippen molar-refractivity contribution in [3.8, 4) is 0 Å². The molecule has 0 aliphatic rings. The minimum Gasteiger partial charge on any atom is -0.326 e.